The molecule has 0 saturated heterocycles. The average Bonchev–Trinajstić information content (AvgIpc) is 2.03. The van der Waals surface area contributed by atoms with Crippen LogP contribution in [0.2, 0.25) is 5.02 Å². The number of rotatable bonds is 2. The molecule has 0 spiro atoms. The van der Waals surface area contributed by atoms with Crippen LogP contribution < -0.4 is 5.46 Å². The first-order chi connectivity index (χ1) is 6.13. The molecule has 0 aliphatic rings. The van der Waals surface area contributed by atoms with Crippen LogP contribution in [-0.2, 0) is 6.42 Å². The highest BCUT2D eigenvalue weighted by Crippen LogP contribution is 2.09. The first-order valence-corrected chi connectivity index (χ1v) is 4.03. The van der Waals surface area contributed by atoms with E-state index in [1.54, 1.807) is 12.1 Å². The molecule has 2 N–H and O–H groups in total. The molecule has 1 aromatic carbocycles. The van der Waals surface area contributed by atoms with Gasteiger partial charge in [0.2, 0.25) is 0 Å². The van der Waals surface area contributed by atoms with Gasteiger partial charge in [0.15, 0.2) is 0 Å². The lowest BCUT2D eigenvalue weighted by Gasteiger charge is -2.02. The van der Waals surface area contributed by atoms with Gasteiger partial charge in [0, 0.05) is 5.02 Å². The molecule has 0 bridgehead atoms. The molecule has 13 heavy (non-hydrogen) atoms. The topological polar surface area (TPSA) is 64.2 Å². The van der Waals surface area contributed by atoms with Crippen LogP contribution in [0.5, 0.6) is 0 Å². The third-order valence-electron chi connectivity index (χ3n) is 1.56. The van der Waals surface area contributed by atoms with Crippen LogP contribution in [0.1, 0.15) is 5.56 Å². The predicted molar refractivity (Wildman–Crippen MR) is 50.6 cm³/mol. The zero-order chi connectivity index (χ0) is 9.84. The van der Waals surface area contributed by atoms with Crippen LogP contribution >= 0.6 is 11.6 Å². The maximum Gasteiger partial charge on any atom is 0.488 e. The summed E-state index contributed by atoms with van der Waals surface area (Å²) in [6, 6.07) is 6.57. The van der Waals surface area contributed by atoms with Crippen molar-refractivity contribution in [1.82, 2.24) is 0 Å². The number of nitriles is 1. The SMILES string of the molecule is N#CCc1cc(Cl)cc(B(O)O)c1. The molecule has 0 heterocycles. The molecule has 1 aromatic rings. The molecule has 0 unspecified atom stereocenters. The lowest BCUT2D eigenvalue weighted by atomic mass is 9.79. The van der Waals surface area contributed by atoms with Gasteiger partial charge in [-0.05, 0) is 23.2 Å². The summed E-state index contributed by atoms with van der Waals surface area (Å²) in [5.74, 6) is 0. The van der Waals surface area contributed by atoms with Crippen LogP contribution in [0.15, 0.2) is 18.2 Å². The second-order valence-electron chi connectivity index (χ2n) is 2.60. The number of benzene rings is 1. The van der Waals surface area contributed by atoms with E-state index in [0.29, 0.717) is 16.0 Å². The fraction of sp³-hybridized carbons (Fsp3) is 0.125. The van der Waals surface area contributed by atoms with Crippen LogP contribution in [0, 0.1) is 11.3 Å². The van der Waals surface area contributed by atoms with Crippen molar-refractivity contribution in [1.29, 1.82) is 5.26 Å². The molecule has 0 aliphatic carbocycles. The van der Waals surface area contributed by atoms with Crippen LogP contribution in [-0.4, -0.2) is 17.2 Å². The van der Waals surface area contributed by atoms with Gasteiger partial charge in [-0.1, -0.05) is 17.7 Å². The molecule has 0 atom stereocenters. The second kappa shape index (κ2) is 4.29. The Morgan fingerprint density at radius 2 is 2.08 bits per heavy atom. The summed E-state index contributed by atoms with van der Waals surface area (Å²) in [6.07, 6.45) is 0.209. The minimum absolute atomic E-state index is 0.209. The van der Waals surface area contributed by atoms with Gasteiger partial charge in [-0.15, -0.1) is 0 Å². The molecule has 1 rings (SSSR count). The molecule has 0 fully saturated rings. The number of hydrogen-bond donors (Lipinski definition) is 2. The molecule has 66 valence electrons. The summed E-state index contributed by atoms with van der Waals surface area (Å²) in [6.45, 7) is 0. The fourth-order valence-electron chi connectivity index (χ4n) is 1.02. The van der Waals surface area contributed by atoms with Crippen molar-refractivity contribution in [2.24, 2.45) is 0 Å². The van der Waals surface area contributed by atoms with Gasteiger partial charge in [0.1, 0.15) is 0 Å². The Kier molecular flexibility index (Phi) is 3.32. The summed E-state index contributed by atoms with van der Waals surface area (Å²) in [4.78, 5) is 0. The van der Waals surface area contributed by atoms with Crippen molar-refractivity contribution < 1.29 is 10.0 Å². The van der Waals surface area contributed by atoms with E-state index in [9.17, 15) is 0 Å². The summed E-state index contributed by atoms with van der Waals surface area (Å²) >= 11 is 5.70. The Balaban J connectivity index is 3.05. The minimum Gasteiger partial charge on any atom is -0.423 e. The third kappa shape index (κ3) is 2.74. The van der Waals surface area contributed by atoms with E-state index in [0.717, 1.165) is 0 Å². The summed E-state index contributed by atoms with van der Waals surface area (Å²) in [5, 5.41) is 26.5. The van der Waals surface area contributed by atoms with E-state index in [2.05, 4.69) is 0 Å². The fourth-order valence-corrected chi connectivity index (χ4v) is 1.28. The molecule has 5 heteroatoms. The smallest absolute Gasteiger partial charge is 0.423 e. The molecule has 0 aromatic heterocycles. The summed E-state index contributed by atoms with van der Waals surface area (Å²) < 4.78 is 0. The van der Waals surface area contributed by atoms with Crippen LogP contribution in [0.3, 0.4) is 0 Å². The van der Waals surface area contributed by atoms with Gasteiger partial charge in [-0.2, -0.15) is 5.26 Å². The van der Waals surface area contributed by atoms with Crippen molar-refractivity contribution in [3.05, 3.63) is 28.8 Å². The van der Waals surface area contributed by atoms with Crippen molar-refractivity contribution in [2.45, 2.75) is 6.42 Å². The number of nitrogens with zero attached hydrogens (tertiary/aromatic N) is 1. The van der Waals surface area contributed by atoms with Crippen molar-refractivity contribution in [3.63, 3.8) is 0 Å². The summed E-state index contributed by atoms with van der Waals surface area (Å²) in [5.41, 5.74) is 0.982. The van der Waals surface area contributed by atoms with Gasteiger partial charge < -0.3 is 10.0 Å². The van der Waals surface area contributed by atoms with Crippen LogP contribution in [0.4, 0.5) is 0 Å². The Labute approximate surface area is 81.3 Å². The first kappa shape index (κ1) is 10.1. The lowest BCUT2D eigenvalue weighted by Crippen LogP contribution is -2.30. The van der Waals surface area contributed by atoms with E-state index in [-0.39, 0.29) is 6.42 Å². The van der Waals surface area contributed by atoms with Crippen molar-refractivity contribution in [3.8, 4) is 6.07 Å². The van der Waals surface area contributed by atoms with Gasteiger partial charge >= 0.3 is 7.12 Å². The average molecular weight is 195 g/mol. The molecule has 0 radical (unpaired) electrons. The quantitative estimate of drug-likeness (QED) is 0.657. The predicted octanol–water partition coefficient (Wildman–Crippen LogP) is 0.0859. The molecule has 0 aliphatic heterocycles. The number of hydrogen-bond acceptors (Lipinski definition) is 3. The monoisotopic (exact) mass is 195 g/mol. The highest BCUT2D eigenvalue weighted by molar-refractivity contribution is 6.59. The Morgan fingerprint density at radius 3 is 2.62 bits per heavy atom. The van der Waals surface area contributed by atoms with E-state index >= 15 is 0 Å². The maximum absolute atomic E-state index is 8.85. The Morgan fingerprint density at radius 1 is 1.38 bits per heavy atom. The Hall–Kier alpha value is -1.02. The van der Waals surface area contributed by atoms with Gasteiger partial charge in [-0.3, -0.25) is 0 Å². The third-order valence-corrected chi connectivity index (χ3v) is 1.78. The zero-order valence-electron chi connectivity index (χ0n) is 6.74. The highest BCUT2D eigenvalue weighted by Gasteiger charge is 2.12. The highest BCUT2D eigenvalue weighted by atomic mass is 35.5. The molecule has 0 amide bonds. The second-order valence-corrected chi connectivity index (χ2v) is 3.04. The number of halogens is 1. The van der Waals surface area contributed by atoms with E-state index in [1.807, 2.05) is 6.07 Å². The molecule has 0 saturated carbocycles. The minimum atomic E-state index is -1.55. The van der Waals surface area contributed by atoms with Crippen molar-refractivity contribution in [2.75, 3.05) is 0 Å². The molecule has 3 nitrogen and oxygen atoms in total. The Bertz CT molecular complexity index is 348. The van der Waals surface area contributed by atoms with Crippen LogP contribution in [0.25, 0.3) is 0 Å². The van der Waals surface area contributed by atoms with E-state index < -0.39 is 7.12 Å². The zero-order valence-corrected chi connectivity index (χ0v) is 7.49. The van der Waals surface area contributed by atoms with Gasteiger partial charge in [0.05, 0.1) is 12.5 Å². The lowest BCUT2D eigenvalue weighted by molar-refractivity contribution is 0.425. The van der Waals surface area contributed by atoms with Gasteiger partial charge in [-0.25, -0.2) is 0 Å². The van der Waals surface area contributed by atoms with Crippen molar-refractivity contribution >= 4 is 24.2 Å². The first-order valence-electron chi connectivity index (χ1n) is 3.66. The maximum atomic E-state index is 8.85. The molecular weight excluding hydrogens is 188 g/mol. The normalized spacial score (nSPS) is 9.38. The van der Waals surface area contributed by atoms with Gasteiger partial charge in [0.25, 0.3) is 0 Å². The standard InChI is InChI=1S/C8H7BClNO2/c10-8-4-6(1-2-11)3-7(5-8)9(12)13/h3-5,12-13H,1H2. The largest absolute Gasteiger partial charge is 0.488 e. The molecular formula is C8H7BClNO2. The van der Waals surface area contributed by atoms with E-state index in [4.69, 9.17) is 26.9 Å². The van der Waals surface area contributed by atoms with E-state index in [1.165, 1.54) is 6.07 Å². The summed E-state index contributed by atoms with van der Waals surface area (Å²) in [7, 11) is -1.55.